The molecule has 0 unspecified atom stereocenters. The molecule has 0 atom stereocenters. The molecule has 0 aromatic rings. The molecule has 0 N–H and O–H groups in total. The monoisotopic (exact) mass is 138 g/mol. The molecule has 0 saturated heterocycles. The van der Waals surface area contributed by atoms with E-state index in [2.05, 4.69) is 17.1 Å². The van der Waals surface area contributed by atoms with Gasteiger partial charge in [0.2, 0.25) is 0 Å². The van der Waals surface area contributed by atoms with E-state index >= 15 is 0 Å². The highest BCUT2D eigenvalue weighted by molar-refractivity contribution is 5.87. The molecule has 56 valence electrons. The van der Waals surface area contributed by atoms with E-state index in [0.29, 0.717) is 0 Å². The van der Waals surface area contributed by atoms with Crippen LogP contribution in [-0.2, 0) is 0 Å². The third-order valence-corrected chi connectivity index (χ3v) is 1.58. The minimum Gasteiger partial charge on any atom is -0.161 e. The highest BCUT2D eigenvalue weighted by atomic mass is 15.2. The van der Waals surface area contributed by atoms with E-state index in [1.807, 2.05) is 13.8 Å². The molecule has 0 bridgehead atoms. The Hall–Kier alpha value is -0.660. The fraction of sp³-hybridized carbons (Fsp3) is 0.750. The molecule has 10 heavy (non-hydrogen) atoms. The summed E-state index contributed by atoms with van der Waals surface area (Å²) in [7, 11) is 0. The first-order chi connectivity index (χ1) is 4.70. The van der Waals surface area contributed by atoms with Crippen molar-refractivity contribution >= 4 is 11.4 Å². The van der Waals surface area contributed by atoms with Crippen LogP contribution in [0.1, 0.15) is 33.6 Å². The molecule has 1 saturated carbocycles. The molecular weight excluding hydrogens is 124 g/mol. The van der Waals surface area contributed by atoms with Crippen molar-refractivity contribution in [3.63, 3.8) is 0 Å². The van der Waals surface area contributed by atoms with Crippen LogP contribution in [0.5, 0.6) is 0 Å². The van der Waals surface area contributed by atoms with E-state index in [0.717, 1.165) is 11.6 Å². The molecule has 2 heteroatoms. The van der Waals surface area contributed by atoms with Gasteiger partial charge in [0.05, 0.1) is 0 Å². The Morgan fingerprint density at radius 2 is 1.70 bits per heavy atom. The van der Waals surface area contributed by atoms with Crippen molar-refractivity contribution in [3.05, 3.63) is 0 Å². The van der Waals surface area contributed by atoms with Crippen molar-refractivity contribution < 1.29 is 0 Å². The van der Waals surface area contributed by atoms with Gasteiger partial charge in [0.25, 0.3) is 0 Å². The molecular formula is C8H14N2. The average Bonchev–Trinajstić information content (AvgIpc) is 2.63. The van der Waals surface area contributed by atoms with Crippen molar-refractivity contribution in [2.45, 2.75) is 33.6 Å². The second-order valence-corrected chi connectivity index (χ2v) is 3.06. The van der Waals surface area contributed by atoms with Crippen LogP contribution >= 0.6 is 0 Å². The van der Waals surface area contributed by atoms with Gasteiger partial charge >= 0.3 is 0 Å². The van der Waals surface area contributed by atoms with Crippen molar-refractivity contribution in [2.75, 3.05) is 0 Å². The van der Waals surface area contributed by atoms with Gasteiger partial charge in [-0.15, -0.1) is 0 Å². The summed E-state index contributed by atoms with van der Waals surface area (Å²) in [5.74, 6) is 0.753. The second-order valence-electron chi connectivity index (χ2n) is 3.06. The summed E-state index contributed by atoms with van der Waals surface area (Å²) in [5.41, 5.74) is 2.22. The maximum atomic E-state index is 4.09. The summed E-state index contributed by atoms with van der Waals surface area (Å²) in [4.78, 5) is 0. The molecule has 0 amide bonds. The summed E-state index contributed by atoms with van der Waals surface area (Å²) in [6.45, 7) is 5.98. The molecule has 1 rings (SSSR count). The Kier molecular flexibility index (Phi) is 2.20. The van der Waals surface area contributed by atoms with Crippen molar-refractivity contribution in [1.29, 1.82) is 0 Å². The fourth-order valence-corrected chi connectivity index (χ4v) is 0.762. The quantitative estimate of drug-likeness (QED) is 0.413. The van der Waals surface area contributed by atoms with Crippen LogP contribution in [0.15, 0.2) is 10.2 Å². The predicted molar refractivity (Wildman–Crippen MR) is 44.6 cm³/mol. The Bertz CT molecular complexity index is 172. The van der Waals surface area contributed by atoms with E-state index in [1.165, 1.54) is 18.6 Å². The van der Waals surface area contributed by atoms with Gasteiger partial charge in [0, 0.05) is 11.4 Å². The lowest BCUT2D eigenvalue weighted by Gasteiger charge is -1.90. The molecule has 1 aliphatic rings. The first-order valence-electron chi connectivity index (χ1n) is 3.75. The maximum absolute atomic E-state index is 4.09. The van der Waals surface area contributed by atoms with Crippen LogP contribution in [0, 0.1) is 5.92 Å². The minimum absolute atomic E-state index is 0.753. The molecule has 0 aromatic heterocycles. The molecule has 0 aromatic carbocycles. The smallest absolute Gasteiger partial charge is 0.0405 e. The molecule has 0 spiro atoms. The summed E-state index contributed by atoms with van der Waals surface area (Å²) in [5, 5.41) is 8.08. The topological polar surface area (TPSA) is 24.7 Å². The lowest BCUT2D eigenvalue weighted by molar-refractivity contribution is 1.11. The van der Waals surface area contributed by atoms with Crippen molar-refractivity contribution in [3.8, 4) is 0 Å². The van der Waals surface area contributed by atoms with E-state index in [1.54, 1.807) is 0 Å². The number of nitrogens with zero attached hydrogens (tertiary/aromatic N) is 2. The Morgan fingerprint density at radius 1 is 1.10 bits per heavy atom. The van der Waals surface area contributed by atoms with E-state index in [9.17, 15) is 0 Å². The summed E-state index contributed by atoms with van der Waals surface area (Å²) >= 11 is 0. The zero-order valence-corrected chi connectivity index (χ0v) is 6.89. The van der Waals surface area contributed by atoms with Gasteiger partial charge in [-0.05, 0) is 39.5 Å². The molecule has 0 aliphatic heterocycles. The first-order valence-corrected chi connectivity index (χ1v) is 3.75. The molecule has 0 radical (unpaired) electrons. The fourth-order valence-electron chi connectivity index (χ4n) is 0.762. The van der Waals surface area contributed by atoms with Gasteiger partial charge in [-0.1, -0.05) is 0 Å². The van der Waals surface area contributed by atoms with Gasteiger partial charge in [0.15, 0.2) is 0 Å². The Labute approximate surface area is 62.0 Å². The second kappa shape index (κ2) is 2.95. The lowest BCUT2D eigenvalue weighted by Crippen LogP contribution is -1.92. The maximum Gasteiger partial charge on any atom is 0.0405 e. The standard InChI is InChI=1S/C8H14N2/c1-6(2)9-10-7(3)8-4-5-8/h8H,4-5H2,1-3H3/b10-7+. The predicted octanol–water partition coefficient (Wildman–Crippen LogP) is 2.25. The normalized spacial score (nSPS) is 18.9. The number of hydrogen-bond donors (Lipinski definition) is 0. The van der Waals surface area contributed by atoms with Gasteiger partial charge in [-0.25, -0.2) is 0 Å². The average molecular weight is 138 g/mol. The van der Waals surface area contributed by atoms with Crippen molar-refractivity contribution in [2.24, 2.45) is 16.1 Å². The third kappa shape index (κ3) is 2.29. The third-order valence-electron chi connectivity index (χ3n) is 1.58. The largest absolute Gasteiger partial charge is 0.161 e. The van der Waals surface area contributed by atoms with Gasteiger partial charge in [-0.2, -0.15) is 10.2 Å². The lowest BCUT2D eigenvalue weighted by atomic mass is 10.3. The van der Waals surface area contributed by atoms with Crippen LogP contribution in [0.4, 0.5) is 0 Å². The van der Waals surface area contributed by atoms with Gasteiger partial charge in [0.1, 0.15) is 0 Å². The molecule has 2 nitrogen and oxygen atoms in total. The summed E-state index contributed by atoms with van der Waals surface area (Å²) < 4.78 is 0. The van der Waals surface area contributed by atoms with E-state index in [-0.39, 0.29) is 0 Å². The minimum atomic E-state index is 0.753. The molecule has 1 aliphatic carbocycles. The van der Waals surface area contributed by atoms with Crippen LogP contribution in [0.3, 0.4) is 0 Å². The van der Waals surface area contributed by atoms with Crippen LogP contribution in [0.25, 0.3) is 0 Å². The zero-order chi connectivity index (χ0) is 7.56. The molecule has 1 fully saturated rings. The van der Waals surface area contributed by atoms with Gasteiger partial charge in [-0.3, -0.25) is 0 Å². The van der Waals surface area contributed by atoms with E-state index < -0.39 is 0 Å². The van der Waals surface area contributed by atoms with Crippen LogP contribution < -0.4 is 0 Å². The first kappa shape index (κ1) is 7.45. The number of hydrogen-bond acceptors (Lipinski definition) is 2. The number of rotatable bonds is 2. The summed E-state index contributed by atoms with van der Waals surface area (Å²) in [6.07, 6.45) is 2.63. The highest BCUT2D eigenvalue weighted by Crippen LogP contribution is 2.30. The van der Waals surface area contributed by atoms with Crippen LogP contribution in [0.2, 0.25) is 0 Å². The van der Waals surface area contributed by atoms with Crippen molar-refractivity contribution in [1.82, 2.24) is 0 Å². The molecule has 0 heterocycles. The SMILES string of the molecule is CC(C)=N/N=C(\C)C1CC1. The Balaban J connectivity index is 2.44. The van der Waals surface area contributed by atoms with Crippen LogP contribution in [-0.4, -0.2) is 11.4 Å². The zero-order valence-electron chi connectivity index (χ0n) is 6.89. The Morgan fingerprint density at radius 3 is 2.10 bits per heavy atom. The van der Waals surface area contributed by atoms with E-state index in [4.69, 9.17) is 0 Å². The highest BCUT2D eigenvalue weighted by Gasteiger charge is 2.24. The van der Waals surface area contributed by atoms with Gasteiger partial charge < -0.3 is 0 Å². The summed E-state index contributed by atoms with van der Waals surface area (Å²) in [6, 6.07) is 0.